The number of nitrogens with one attached hydrogen (secondary N) is 1. The first-order chi connectivity index (χ1) is 17.6. The van der Waals surface area contributed by atoms with Gasteiger partial charge in [0.1, 0.15) is 5.82 Å². The maximum Gasteiger partial charge on any atom is 0.416 e. The molecule has 1 saturated carbocycles. The van der Waals surface area contributed by atoms with Crippen LogP contribution < -0.4 is 5.32 Å². The Hall–Kier alpha value is -2.66. The number of carbonyl (C=O) groups excluding carboxylic acids is 1. The molecule has 38 heavy (non-hydrogen) atoms. The van der Waals surface area contributed by atoms with E-state index in [4.69, 9.17) is 4.74 Å². The monoisotopic (exact) mass is 548 g/mol. The summed E-state index contributed by atoms with van der Waals surface area (Å²) in [6, 6.07) is 6.84. The van der Waals surface area contributed by atoms with Crippen molar-refractivity contribution < 1.29 is 40.3 Å². The third-order valence-corrected chi connectivity index (χ3v) is 6.68. The lowest BCUT2D eigenvalue weighted by Gasteiger charge is -2.33. The molecule has 1 aliphatic rings. The fraction of sp³-hybridized carbons (Fsp3) is 0.519. The number of amides is 1. The summed E-state index contributed by atoms with van der Waals surface area (Å²) in [5.74, 6) is -1.05. The molecule has 4 atom stereocenters. The number of rotatable bonds is 8. The minimum absolute atomic E-state index is 0.0571. The quantitative estimate of drug-likeness (QED) is 0.373. The predicted molar refractivity (Wildman–Crippen MR) is 128 cm³/mol. The highest BCUT2D eigenvalue weighted by Crippen LogP contribution is 2.43. The number of hydrogen-bond donors (Lipinski definition) is 1. The highest BCUT2D eigenvalue weighted by molar-refractivity contribution is 5.78. The number of likely N-dealkylation sites (N-methyl/N-ethyl adjacent to an activating group) is 1. The van der Waals surface area contributed by atoms with Crippen LogP contribution in [0, 0.1) is 5.82 Å². The van der Waals surface area contributed by atoms with Crippen molar-refractivity contribution in [3.8, 4) is 0 Å². The van der Waals surface area contributed by atoms with Gasteiger partial charge in [-0.3, -0.25) is 9.69 Å². The Kier molecular flexibility index (Phi) is 9.13. The van der Waals surface area contributed by atoms with Gasteiger partial charge in [0.15, 0.2) is 0 Å². The summed E-state index contributed by atoms with van der Waals surface area (Å²) in [5.41, 5.74) is -2.37. The maximum absolute atomic E-state index is 13.6. The van der Waals surface area contributed by atoms with E-state index in [1.54, 1.807) is 19.2 Å². The van der Waals surface area contributed by atoms with E-state index in [9.17, 15) is 35.5 Å². The normalized spacial score (nSPS) is 21.2. The van der Waals surface area contributed by atoms with Gasteiger partial charge in [-0.15, -0.1) is 0 Å². The number of nitrogens with zero attached hydrogens (tertiary/aromatic N) is 1. The minimum Gasteiger partial charge on any atom is -0.370 e. The molecule has 0 aromatic heterocycles. The van der Waals surface area contributed by atoms with Crippen molar-refractivity contribution >= 4 is 5.91 Å². The van der Waals surface area contributed by atoms with E-state index >= 15 is 0 Å². The van der Waals surface area contributed by atoms with Gasteiger partial charge in [0.05, 0.1) is 29.9 Å². The molecule has 0 heterocycles. The summed E-state index contributed by atoms with van der Waals surface area (Å²) < 4.78 is 100.0. The van der Waals surface area contributed by atoms with E-state index in [-0.39, 0.29) is 36.2 Å². The molecule has 1 aliphatic carbocycles. The van der Waals surface area contributed by atoms with Gasteiger partial charge < -0.3 is 10.1 Å². The van der Waals surface area contributed by atoms with Gasteiger partial charge >= 0.3 is 12.4 Å². The molecule has 0 bridgehead atoms. The molecule has 1 N–H and O–H groups in total. The summed E-state index contributed by atoms with van der Waals surface area (Å²) in [6.07, 6.45) is -10.6. The van der Waals surface area contributed by atoms with Gasteiger partial charge in [-0.05, 0) is 82.1 Å². The maximum atomic E-state index is 13.6. The smallest absolute Gasteiger partial charge is 0.370 e. The summed E-state index contributed by atoms with van der Waals surface area (Å²) >= 11 is 0. The van der Waals surface area contributed by atoms with E-state index in [1.807, 2.05) is 18.7 Å². The van der Waals surface area contributed by atoms with Gasteiger partial charge in [-0.25, -0.2) is 4.39 Å². The Bertz CT molecular complexity index is 1070. The van der Waals surface area contributed by atoms with E-state index in [0.717, 1.165) is 0 Å². The van der Waals surface area contributed by atoms with Crippen LogP contribution >= 0.6 is 0 Å². The van der Waals surface area contributed by atoms with Crippen molar-refractivity contribution in [1.29, 1.82) is 0 Å². The van der Waals surface area contributed by atoms with Crippen LogP contribution in [0.1, 0.15) is 67.9 Å². The number of ether oxygens (including phenoxy) is 1. The topological polar surface area (TPSA) is 41.6 Å². The van der Waals surface area contributed by atoms with E-state index in [1.165, 1.54) is 19.1 Å². The van der Waals surface area contributed by atoms with Gasteiger partial charge in [0.25, 0.3) is 0 Å². The largest absolute Gasteiger partial charge is 0.416 e. The molecule has 0 unspecified atom stereocenters. The zero-order chi connectivity index (χ0) is 28.4. The van der Waals surface area contributed by atoms with Crippen LogP contribution in [0.3, 0.4) is 0 Å². The van der Waals surface area contributed by atoms with E-state index in [2.05, 4.69) is 5.32 Å². The average Bonchev–Trinajstić information content (AvgIpc) is 3.21. The Morgan fingerprint density at radius 1 is 0.974 bits per heavy atom. The lowest BCUT2D eigenvalue weighted by Crippen LogP contribution is -2.44. The summed E-state index contributed by atoms with van der Waals surface area (Å²) in [5, 5.41) is 2.81. The molecular formula is C27H31F7N2O2. The second-order valence-electron chi connectivity index (χ2n) is 10.0. The summed E-state index contributed by atoms with van der Waals surface area (Å²) in [4.78, 5) is 14.2. The lowest BCUT2D eigenvalue weighted by atomic mass is 9.91. The first-order valence-electron chi connectivity index (χ1n) is 12.3. The second-order valence-corrected chi connectivity index (χ2v) is 10.0. The second kappa shape index (κ2) is 11.6. The lowest BCUT2D eigenvalue weighted by molar-refractivity contribution is -0.143. The molecule has 2 aromatic rings. The molecule has 3 rings (SSSR count). The van der Waals surface area contributed by atoms with Crippen LogP contribution in [0.5, 0.6) is 0 Å². The molecule has 0 radical (unpaired) electrons. The Balaban J connectivity index is 1.90. The fourth-order valence-electron chi connectivity index (χ4n) is 4.98. The van der Waals surface area contributed by atoms with Crippen LogP contribution in [0.4, 0.5) is 30.7 Å². The van der Waals surface area contributed by atoms with E-state index in [0.29, 0.717) is 30.5 Å². The van der Waals surface area contributed by atoms with Crippen LogP contribution in [0.25, 0.3) is 0 Å². The predicted octanol–water partition coefficient (Wildman–Crippen LogP) is 6.71. The Morgan fingerprint density at radius 3 is 2.03 bits per heavy atom. The SMILES string of the molecule is CC(C)NC(=O)CN(C)[C@@H]1CC[C@H](O[C@H](C)c2cc(C(F)(F)F)cc(C(F)(F)F)c2)[C@@H]1c1ccc(F)cc1. The number of halogens is 7. The molecule has 1 fully saturated rings. The van der Waals surface area contributed by atoms with Crippen LogP contribution in [-0.2, 0) is 21.9 Å². The number of hydrogen-bond acceptors (Lipinski definition) is 3. The van der Waals surface area contributed by atoms with Crippen molar-refractivity contribution in [2.75, 3.05) is 13.6 Å². The van der Waals surface area contributed by atoms with Crippen LogP contribution in [0.2, 0.25) is 0 Å². The Labute approximate surface area is 217 Å². The third kappa shape index (κ3) is 7.47. The minimum atomic E-state index is -4.97. The number of benzene rings is 2. The molecular weight excluding hydrogens is 517 g/mol. The van der Waals surface area contributed by atoms with Gasteiger partial charge in [0.2, 0.25) is 5.91 Å². The molecule has 0 saturated heterocycles. The van der Waals surface area contributed by atoms with Gasteiger partial charge in [-0.2, -0.15) is 26.3 Å². The van der Waals surface area contributed by atoms with Gasteiger partial charge in [-0.1, -0.05) is 12.1 Å². The zero-order valence-electron chi connectivity index (χ0n) is 21.5. The zero-order valence-corrected chi connectivity index (χ0v) is 21.5. The first-order valence-corrected chi connectivity index (χ1v) is 12.3. The Morgan fingerprint density at radius 2 is 1.53 bits per heavy atom. The van der Waals surface area contributed by atoms with Crippen molar-refractivity contribution in [3.63, 3.8) is 0 Å². The fourth-order valence-corrected chi connectivity index (χ4v) is 4.98. The molecule has 11 heteroatoms. The van der Waals surface area contributed by atoms with Gasteiger partial charge in [0, 0.05) is 18.0 Å². The molecule has 4 nitrogen and oxygen atoms in total. The van der Waals surface area contributed by atoms with Crippen molar-refractivity contribution in [2.24, 2.45) is 0 Å². The molecule has 0 spiro atoms. The van der Waals surface area contributed by atoms with Crippen LogP contribution in [0.15, 0.2) is 42.5 Å². The average molecular weight is 549 g/mol. The highest BCUT2D eigenvalue weighted by atomic mass is 19.4. The van der Waals surface area contributed by atoms with Crippen molar-refractivity contribution in [2.45, 2.75) is 76.2 Å². The van der Waals surface area contributed by atoms with Crippen molar-refractivity contribution in [3.05, 3.63) is 70.5 Å². The first kappa shape index (κ1) is 29.9. The molecule has 1 amide bonds. The third-order valence-electron chi connectivity index (χ3n) is 6.68. The standard InChI is InChI=1S/C27H31F7N2O2/c1-15(2)35-24(37)14-36(4)22-9-10-23(25(22)17-5-7-21(28)8-6-17)38-16(3)18-11-19(26(29,30)31)13-20(12-18)27(32,33)34/h5-8,11-13,15-16,22-23,25H,9-10,14H2,1-4H3,(H,35,37)/t16-,22-,23+,25-/m1/s1. The number of alkyl halides is 6. The van der Waals surface area contributed by atoms with Crippen LogP contribution in [-0.4, -0.2) is 42.6 Å². The summed E-state index contributed by atoms with van der Waals surface area (Å²) in [7, 11) is 1.76. The molecule has 210 valence electrons. The highest BCUT2D eigenvalue weighted by Gasteiger charge is 2.42. The number of carbonyl (C=O) groups is 1. The summed E-state index contributed by atoms with van der Waals surface area (Å²) in [6.45, 7) is 5.14. The molecule has 0 aliphatic heterocycles. The molecule has 2 aromatic carbocycles. The van der Waals surface area contributed by atoms with Crippen molar-refractivity contribution in [1.82, 2.24) is 10.2 Å². The van der Waals surface area contributed by atoms with E-state index < -0.39 is 47.4 Å².